The van der Waals surface area contributed by atoms with Crippen LogP contribution in [-0.2, 0) is 17.1 Å². The molecule has 2 N–H and O–H groups in total. The molecular formula is C17H14N4O4S. The standard InChI is InChI=1S/C17H14N4O4S/c1-21-10-11(13-4-2-3-5-15(13)21)9-18-20-26(23,24)12-6-7-14-16(8-12)25-17(22)19-14/h2-10,20H,1H3,(H,19,22)/b18-9+. The van der Waals surface area contributed by atoms with Crippen LogP contribution in [0.1, 0.15) is 5.56 Å². The number of oxazole rings is 1. The number of H-pyrrole nitrogens is 1. The van der Waals surface area contributed by atoms with Crippen LogP contribution >= 0.6 is 0 Å². The van der Waals surface area contributed by atoms with Crippen LogP contribution in [0.5, 0.6) is 0 Å². The highest BCUT2D eigenvalue weighted by Gasteiger charge is 2.15. The molecule has 4 aromatic rings. The molecule has 0 unspecified atom stereocenters. The van der Waals surface area contributed by atoms with Crippen LogP contribution in [0.2, 0.25) is 0 Å². The van der Waals surface area contributed by atoms with E-state index in [0.717, 1.165) is 16.5 Å². The summed E-state index contributed by atoms with van der Waals surface area (Å²) < 4.78 is 31.6. The van der Waals surface area contributed by atoms with Gasteiger partial charge in [0.15, 0.2) is 5.58 Å². The molecule has 0 fully saturated rings. The highest BCUT2D eigenvalue weighted by Crippen LogP contribution is 2.19. The van der Waals surface area contributed by atoms with Crippen molar-refractivity contribution in [3.05, 3.63) is 64.8 Å². The minimum Gasteiger partial charge on any atom is -0.408 e. The van der Waals surface area contributed by atoms with Crippen molar-refractivity contribution in [3.8, 4) is 0 Å². The fourth-order valence-electron chi connectivity index (χ4n) is 2.79. The van der Waals surface area contributed by atoms with E-state index < -0.39 is 15.8 Å². The molecule has 0 aliphatic heterocycles. The third-order valence-corrected chi connectivity index (χ3v) is 5.23. The second kappa shape index (κ2) is 5.88. The zero-order valence-corrected chi connectivity index (χ0v) is 14.4. The van der Waals surface area contributed by atoms with E-state index in [0.29, 0.717) is 5.52 Å². The first kappa shape index (κ1) is 16.2. The molecule has 0 saturated heterocycles. The maximum Gasteiger partial charge on any atom is 0.417 e. The van der Waals surface area contributed by atoms with Crippen molar-refractivity contribution in [2.45, 2.75) is 4.90 Å². The zero-order valence-electron chi connectivity index (χ0n) is 13.6. The van der Waals surface area contributed by atoms with Gasteiger partial charge in [0.05, 0.1) is 16.6 Å². The lowest BCUT2D eigenvalue weighted by Gasteiger charge is -2.02. The van der Waals surface area contributed by atoms with Crippen molar-refractivity contribution in [3.63, 3.8) is 0 Å². The number of fused-ring (bicyclic) bond motifs is 2. The fraction of sp³-hybridized carbons (Fsp3) is 0.0588. The van der Waals surface area contributed by atoms with E-state index in [4.69, 9.17) is 4.42 Å². The second-order valence-electron chi connectivity index (χ2n) is 5.74. The number of para-hydroxylation sites is 1. The lowest BCUT2D eigenvalue weighted by molar-refractivity contribution is 0.553. The summed E-state index contributed by atoms with van der Waals surface area (Å²) in [5.74, 6) is -0.642. The number of rotatable bonds is 4. The highest BCUT2D eigenvalue weighted by molar-refractivity contribution is 7.89. The van der Waals surface area contributed by atoms with Crippen molar-refractivity contribution < 1.29 is 12.8 Å². The third-order valence-electron chi connectivity index (χ3n) is 4.01. The molecule has 4 rings (SSSR count). The molecule has 0 atom stereocenters. The Hall–Kier alpha value is -3.33. The van der Waals surface area contributed by atoms with Gasteiger partial charge in [0.25, 0.3) is 10.0 Å². The van der Waals surface area contributed by atoms with E-state index >= 15 is 0 Å². The molecule has 0 bridgehead atoms. The smallest absolute Gasteiger partial charge is 0.408 e. The Morgan fingerprint density at radius 3 is 2.88 bits per heavy atom. The maximum atomic E-state index is 12.4. The van der Waals surface area contributed by atoms with Crippen molar-refractivity contribution >= 4 is 38.2 Å². The van der Waals surface area contributed by atoms with Gasteiger partial charge in [0, 0.05) is 35.8 Å². The van der Waals surface area contributed by atoms with E-state index in [9.17, 15) is 13.2 Å². The summed E-state index contributed by atoms with van der Waals surface area (Å²) in [6.45, 7) is 0. The van der Waals surface area contributed by atoms with Crippen molar-refractivity contribution in [2.24, 2.45) is 12.1 Å². The van der Waals surface area contributed by atoms with Gasteiger partial charge in [-0.15, -0.1) is 0 Å². The normalized spacial score (nSPS) is 12.3. The summed E-state index contributed by atoms with van der Waals surface area (Å²) >= 11 is 0. The number of hydrazone groups is 1. The van der Waals surface area contributed by atoms with E-state index in [1.807, 2.05) is 42.1 Å². The number of hydrogen-bond donors (Lipinski definition) is 2. The lowest BCUT2D eigenvalue weighted by atomic mass is 10.2. The van der Waals surface area contributed by atoms with Crippen molar-refractivity contribution in [1.82, 2.24) is 14.4 Å². The lowest BCUT2D eigenvalue weighted by Crippen LogP contribution is -2.18. The van der Waals surface area contributed by atoms with Gasteiger partial charge in [-0.2, -0.15) is 13.5 Å². The third kappa shape index (κ3) is 2.78. The molecule has 26 heavy (non-hydrogen) atoms. The number of nitrogens with zero attached hydrogens (tertiary/aromatic N) is 2. The minimum absolute atomic E-state index is 0.0529. The molecule has 0 amide bonds. The molecule has 0 spiro atoms. The van der Waals surface area contributed by atoms with Crippen LogP contribution in [0.4, 0.5) is 0 Å². The SMILES string of the molecule is Cn1cc(/C=N/NS(=O)(=O)c2ccc3[nH]c(=O)oc3c2)c2ccccc21. The quantitative estimate of drug-likeness (QED) is 0.422. The number of aromatic nitrogens is 2. The monoisotopic (exact) mass is 370 g/mol. The summed E-state index contributed by atoms with van der Waals surface area (Å²) in [7, 11) is -1.98. The van der Waals surface area contributed by atoms with E-state index in [-0.39, 0.29) is 10.5 Å². The zero-order chi connectivity index (χ0) is 18.3. The van der Waals surface area contributed by atoms with Crippen LogP contribution in [-0.4, -0.2) is 24.2 Å². The first-order valence-electron chi connectivity index (χ1n) is 7.66. The molecule has 0 aliphatic carbocycles. The summed E-state index contributed by atoms with van der Waals surface area (Å²) in [5.41, 5.74) is 2.40. The first-order chi connectivity index (χ1) is 12.4. The first-order valence-corrected chi connectivity index (χ1v) is 9.14. The van der Waals surface area contributed by atoms with Crippen LogP contribution < -0.4 is 10.6 Å². The largest absolute Gasteiger partial charge is 0.417 e. The van der Waals surface area contributed by atoms with E-state index in [2.05, 4.69) is 14.9 Å². The van der Waals surface area contributed by atoms with E-state index in [1.54, 1.807) is 0 Å². The summed E-state index contributed by atoms with van der Waals surface area (Å²) in [6.07, 6.45) is 3.32. The van der Waals surface area contributed by atoms with Gasteiger partial charge < -0.3 is 8.98 Å². The Kier molecular flexibility index (Phi) is 3.66. The molecular weight excluding hydrogens is 356 g/mol. The molecule has 2 aromatic carbocycles. The Morgan fingerprint density at radius 2 is 2.04 bits per heavy atom. The molecule has 2 heterocycles. The van der Waals surface area contributed by atoms with E-state index in [1.165, 1.54) is 24.4 Å². The fourth-order valence-corrected chi connectivity index (χ4v) is 3.59. The molecule has 0 saturated carbocycles. The number of aryl methyl sites for hydroxylation is 1. The average Bonchev–Trinajstić information content (AvgIpc) is 3.14. The molecule has 9 heteroatoms. The Balaban J connectivity index is 1.62. The van der Waals surface area contributed by atoms with Crippen LogP contribution in [0.25, 0.3) is 22.0 Å². The highest BCUT2D eigenvalue weighted by atomic mass is 32.2. The number of nitrogens with one attached hydrogen (secondary N) is 2. The van der Waals surface area contributed by atoms with Gasteiger partial charge >= 0.3 is 5.76 Å². The van der Waals surface area contributed by atoms with Crippen molar-refractivity contribution in [1.29, 1.82) is 0 Å². The number of hydrogen-bond acceptors (Lipinski definition) is 5. The number of aromatic amines is 1. The predicted molar refractivity (Wildman–Crippen MR) is 97.7 cm³/mol. The van der Waals surface area contributed by atoms with Crippen LogP contribution in [0.15, 0.2) is 67.9 Å². The van der Waals surface area contributed by atoms with Gasteiger partial charge in [-0.25, -0.2) is 9.63 Å². The minimum atomic E-state index is -3.89. The average molecular weight is 370 g/mol. The summed E-state index contributed by atoms with van der Waals surface area (Å²) in [5, 5.41) is 4.83. The summed E-state index contributed by atoms with van der Waals surface area (Å²) in [6, 6.07) is 11.8. The predicted octanol–water partition coefficient (Wildman–Crippen LogP) is 1.93. The van der Waals surface area contributed by atoms with Crippen molar-refractivity contribution in [2.75, 3.05) is 0 Å². The Labute approximate surface area is 147 Å². The van der Waals surface area contributed by atoms with Gasteiger partial charge in [-0.05, 0) is 18.2 Å². The molecule has 2 aromatic heterocycles. The molecule has 8 nitrogen and oxygen atoms in total. The van der Waals surface area contributed by atoms with Crippen LogP contribution in [0, 0.1) is 0 Å². The van der Waals surface area contributed by atoms with Gasteiger partial charge in [0.2, 0.25) is 0 Å². The number of sulfonamides is 1. The van der Waals surface area contributed by atoms with Gasteiger partial charge in [-0.1, -0.05) is 18.2 Å². The molecule has 0 radical (unpaired) electrons. The van der Waals surface area contributed by atoms with Gasteiger partial charge in [-0.3, -0.25) is 4.98 Å². The molecule has 0 aliphatic rings. The Morgan fingerprint density at radius 1 is 1.23 bits per heavy atom. The Bertz CT molecular complexity index is 1310. The van der Waals surface area contributed by atoms with Crippen LogP contribution in [0.3, 0.4) is 0 Å². The van der Waals surface area contributed by atoms with Gasteiger partial charge in [0.1, 0.15) is 0 Å². The second-order valence-corrected chi connectivity index (χ2v) is 7.40. The maximum absolute atomic E-state index is 12.4. The summed E-state index contributed by atoms with van der Waals surface area (Å²) in [4.78, 5) is 15.7. The topological polar surface area (TPSA) is 109 Å². The number of benzene rings is 2. The molecule has 132 valence electrons.